The second kappa shape index (κ2) is 26.5. The van der Waals surface area contributed by atoms with E-state index in [9.17, 15) is 0 Å². The van der Waals surface area contributed by atoms with Crippen LogP contribution in [0.2, 0.25) is 0 Å². The molecule has 0 spiro atoms. The van der Waals surface area contributed by atoms with Crippen molar-refractivity contribution in [2.45, 2.75) is 119 Å². The normalized spacial score (nSPS) is 9.47. The van der Waals surface area contributed by atoms with Crippen LogP contribution in [-0.2, 0) is 0 Å². The summed E-state index contributed by atoms with van der Waals surface area (Å²) in [6.45, 7) is 15.5. The summed E-state index contributed by atoms with van der Waals surface area (Å²) < 4.78 is 0. The minimum absolute atomic E-state index is 0.935. The van der Waals surface area contributed by atoms with Gasteiger partial charge in [-0.15, -0.1) is 0 Å². The van der Waals surface area contributed by atoms with E-state index in [0.717, 1.165) is 5.92 Å². The molecule has 0 aliphatic carbocycles. The van der Waals surface area contributed by atoms with Crippen molar-refractivity contribution in [2.75, 3.05) is 0 Å². The molecule has 0 rings (SSSR count). The molecule has 0 aromatic heterocycles. The Bertz CT molecular complexity index is 94.6. The van der Waals surface area contributed by atoms with E-state index in [1.54, 1.807) is 0 Å². The molecule has 0 aliphatic heterocycles. The molecule has 0 heterocycles. The molecule has 0 atom stereocenters. The molecule has 0 unspecified atom stereocenters. The van der Waals surface area contributed by atoms with Crippen LogP contribution in [-0.4, -0.2) is 0 Å². The largest absolute Gasteiger partial charge is 0.0656 e. The summed E-state index contributed by atoms with van der Waals surface area (Å²) in [7, 11) is 0. The van der Waals surface area contributed by atoms with E-state index in [0.29, 0.717) is 0 Å². The Morgan fingerprint density at radius 1 is 0.526 bits per heavy atom. The fourth-order valence-electron chi connectivity index (χ4n) is 1.50. The zero-order valence-corrected chi connectivity index (χ0v) is 15.4. The summed E-state index contributed by atoms with van der Waals surface area (Å²) >= 11 is 0. The molecule has 19 heavy (non-hydrogen) atoms. The smallest absolute Gasteiger partial charge is 0.0448 e. The fourth-order valence-corrected chi connectivity index (χ4v) is 1.50. The molecule has 0 amide bonds. The molecule has 0 saturated carbocycles. The zero-order valence-electron chi connectivity index (χ0n) is 15.4. The first-order valence-electron chi connectivity index (χ1n) is 9.14. The van der Waals surface area contributed by atoms with Gasteiger partial charge in [-0.05, 0) is 5.92 Å². The average molecular weight is 273 g/mol. The topological polar surface area (TPSA) is 0 Å². The molecule has 0 aliphatic rings. The van der Waals surface area contributed by atoms with Crippen molar-refractivity contribution < 1.29 is 0 Å². The lowest BCUT2D eigenvalue weighted by Gasteiger charge is -1.98. The van der Waals surface area contributed by atoms with Gasteiger partial charge in [0.05, 0.1) is 0 Å². The molecule has 0 fully saturated rings. The first kappa shape index (κ1) is 24.0. The van der Waals surface area contributed by atoms with Crippen molar-refractivity contribution in [2.24, 2.45) is 5.92 Å². The maximum atomic E-state index is 2.28. The van der Waals surface area contributed by atoms with E-state index in [2.05, 4.69) is 48.5 Å². The molecule has 0 bridgehead atoms. The van der Waals surface area contributed by atoms with Crippen molar-refractivity contribution in [3.8, 4) is 0 Å². The van der Waals surface area contributed by atoms with Crippen molar-refractivity contribution in [3.05, 3.63) is 0 Å². The van der Waals surface area contributed by atoms with Gasteiger partial charge >= 0.3 is 0 Å². The number of hydrogen-bond donors (Lipinski definition) is 0. The van der Waals surface area contributed by atoms with Crippen LogP contribution in [0.3, 0.4) is 0 Å². The maximum Gasteiger partial charge on any atom is -0.0448 e. The third-order valence-corrected chi connectivity index (χ3v) is 3.35. The molecule has 0 nitrogen and oxygen atoms in total. The standard InChI is InChI=1S/C10H22.C6H14.C3H8/c1-3-5-7-9-10-8-6-4-2;1-4-6(3)5-2;1-3-2/h3-10H2,1-2H3;6H,4-5H2,1-3H3;3H2,1-2H3. The highest BCUT2D eigenvalue weighted by Crippen LogP contribution is 2.07. The van der Waals surface area contributed by atoms with Gasteiger partial charge in [-0.3, -0.25) is 0 Å². The van der Waals surface area contributed by atoms with Crippen LogP contribution in [0.5, 0.6) is 0 Å². The van der Waals surface area contributed by atoms with Crippen LogP contribution < -0.4 is 0 Å². The second-order valence-corrected chi connectivity index (χ2v) is 5.75. The summed E-state index contributed by atoms with van der Waals surface area (Å²) in [5.74, 6) is 0.935. The summed E-state index contributed by atoms with van der Waals surface area (Å²) in [4.78, 5) is 0. The summed E-state index contributed by atoms with van der Waals surface area (Å²) in [6.07, 6.45) is 15.4. The minimum atomic E-state index is 0.935. The van der Waals surface area contributed by atoms with E-state index >= 15 is 0 Å². The molecule has 0 aromatic rings. The van der Waals surface area contributed by atoms with Gasteiger partial charge in [0.2, 0.25) is 0 Å². The average Bonchev–Trinajstić information content (AvgIpc) is 2.43. The Balaban J connectivity index is -0.000000242. The second-order valence-electron chi connectivity index (χ2n) is 5.75. The molecular formula is C19H44. The molecule has 0 N–H and O–H groups in total. The first-order chi connectivity index (χ1) is 9.14. The van der Waals surface area contributed by atoms with E-state index in [4.69, 9.17) is 0 Å². The number of unbranched alkanes of at least 4 members (excludes halogenated alkanes) is 7. The monoisotopic (exact) mass is 272 g/mol. The fraction of sp³-hybridized carbons (Fsp3) is 1.00. The molecule has 0 heteroatoms. The Labute approximate surface area is 125 Å². The Morgan fingerprint density at radius 2 is 0.789 bits per heavy atom. The maximum absolute atomic E-state index is 2.28. The van der Waals surface area contributed by atoms with Gasteiger partial charge in [-0.25, -0.2) is 0 Å². The van der Waals surface area contributed by atoms with Crippen molar-refractivity contribution >= 4 is 0 Å². The van der Waals surface area contributed by atoms with E-state index in [-0.39, 0.29) is 0 Å². The molecular weight excluding hydrogens is 228 g/mol. The van der Waals surface area contributed by atoms with Crippen LogP contribution in [0.15, 0.2) is 0 Å². The SMILES string of the molecule is CCC.CCC(C)CC.CCCCCCCCCC. The first-order valence-corrected chi connectivity index (χ1v) is 9.14. The highest BCUT2D eigenvalue weighted by Gasteiger charge is 1.89. The number of rotatable bonds is 9. The Morgan fingerprint density at radius 3 is 0.947 bits per heavy atom. The third-order valence-electron chi connectivity index (χ3n) is 3.35. The highest BCUT2D eigenvalue weighted by molar-refractivity contribution is 4.43. The molecule has 0 aromatic carbocycles. The summed E-state index contributed by atoms with van der Waals surface area (Å²) in [6, 6.07) is 0. The van der Waals surface area contributed by atoms with E-state index < -0.39 is 0 Å². The van der Waals surface area contributed by atoms with Crippen LogP contribution in [0.25, 0.3) is 0 Å². The van der Waals surface area contributed by atoms with Gasteiger partial charge in [0, 0.05) is 0 Å². The van der Waals surface area contributed by atoms with Crippen LogP contribution >= 0.6 is 0 Å². The van der Waals surface area contributed by atoms with Gasteiger partial charge in [0.15, 0.2) is 0 Å². The lowest BCUT2D eigenvalue weighted by atomic mass is 10.1. The summed E-state index contributed by atoms with van der Waals surface area (Å²) in [5.41, 5.74) is 0. The van der Waals surface area contributed by atoms with Crippen molar-refractivity contribution in [1.29, 1.82) is 0 Å². The summed E-state index contributed by atoms with van der Waals surface area (Å²) in [5, 5.41) is 0. The van der Waals surface area contributed by atoms with Gasteiger partial charge in [-0.2, -0.15) is 0 Å². The van der Waals surface area contributed by atoms with Gasteiger partial charge in [0.1, 0.15) is 0 Å². The Hall–Kier alpha value is 0. The van der Waals surface area contributed by atoms with E-state index in [1.165, 1.54) is 70.6 Å². The van der Waals surface area contributed by atoms with Crippen LogP contribution in [0, 0.1) is 5.92 Å². The van der Waals surface area contributed by atoms with Gasteiger partial charge in [-0.1, -0.05) is 119 Å². The highest BCUT2D eigenvalue weighted by atomic mass is 13.9. The van der Waals surface area contributed by atoms with Crippen LogP contribution in [0.4, 0.5) is 0 Å². The predicted molar refractivity (Wildman–Crippen MR) is 94.0 cm³/mol. The lowest BCUT2D eigenvalue weighted by Crippen LogP contribution is -1.85. The lowest BCUT2D eigenvalue weighted by molar-refractivity contribution is 0.544. The molecule has 120 valence electrons. The van der Waals surface area contributed by atoms with Gasteiger partial charge < -0.3 is 0 Å². The third kappa shape index (κ3) is 38.1. The Kier molecular flexibility index (Phi) is 33.6. The quantitative estimate of drug-likeness (QED) is 0.373. The van der Waals surface area contributed by atoms with Crippen molar-refractivity contribution in [1.82, 2.24) is 0 Å². The predicted octanol–water partition coefficient (Wildman–Crippen LogP) is 8.01. The van der Waals surface area contributed by atoms with E-state index in [1.807, 2.05) is 0 Å². The van der Waals surface area contributed by atoms with Crippen molar-refractivity contribution in [3.63, 3.8) is 0 Å². The number of hydrogen-bond acceptors (Lipinski definition) is 0. The zero-order chi connectivity index (χ0) is 15.4. The minimum Gasteiger partial charge on any atom is -0.0656 e. The molecule has 0 radical (unpaired) electrons. The van der Waals surface area contributed by atoms with Gasteiger partial charge in [0.25, 0.3) is 0 Å². The van der Waals surface area contributed by atoms with Crippen LogP contribution in [0.1, 0.15) is 119 Å². The molecule has 0 saturated heterocycles.